The molecule has 0 aliphatic heterocycles. The van der Waals surface area contributed by atoms with Crippen LogP contribution in [0, 0.1) is 18.6 Å². The third-order valence-electron chi connectivity index (χ3n) is 4.67. The topological polar surface area (TPSA) is 91.3 Å². The van der Waals surface area contributed by atoms with E-state index in [2.05, 4.69) is 15.6 Å². The van der Waals surface area contributed by atoms with Gasteiger partial charge in [0.15, 0.2) is 6.10 Å². The van der Waals surface area contributed by atoms with Crippen LogP contribution in [0.15, 0.2) is 54.9 Å². The number of nitrogens with zero attached hydrogens (tertiary/aromatic N) is 1. The lowest BCUT2D eigenvalue weighted by molar-refractivity contribution is -0.124. The molecule has 0 saturated heterocycles. The largest absolute Gasteiger partial charge is 0.378 e. The molecule has 6 nitrogen and oxygen atoms in total. The van der Waals surface area contributed by atoms with Gasteiger partial charge in [0.25, 0.3) is 11.8 Å². The maximum Gasteiger partial charge on any atom is 0.257 e. The first-order valence-electron chi connectivity index (χ1n) is 9.96. The second kappa shape index (κ2) is 9.65. The highest BCUT2D eigenvalue weighted by atomic mass is 19.1. The van der Waals surface area contributed by atoms with Gasteiger partial charge in [0, 0.05) is 35.8 Å². The van der Waals surface area contributed by atoms with E-state index in [1.807, 2.05) is 20.8 Å². The van der Waals surface area contributed by atoms with Gasteiger partial charge in [-0.1, -0.05) is 6.07 Å². The molecule has 0 fully saturated rings. The number of halogens is 2. The van der Waals surface area contributed by atoms with Crippen molar-refractivity contribution in [2.75, 3.05) is 5.32 Å². The van der Waals surface area contributed by atoms with Gasteiger partial charge in [0.05, 0.1) is 5.56 Å². The van der Waals surface area contributed by atoms with Gasteiger partial charge in [-0.3, -0.25) is 14.6 Å². The maximum atomic E-state index is 13.4. The lowest BCUT2D eigenvalue weighted by Gasteiger charge is -2.14. The van der Waals surface area contributed by atoms with Crippen molar-refractivity contribution >= 4 is 17.5 Å². The van der Waals surface area contributed by atoms with E-state index < -0.39 is 23.6 Å². The fourth-order valence-corrected chi connectivity index (χ4v) is 3.22. The predicted molar refractivity (Wildman–Crippen MR) is 117 cm³/mol. The molecule has 1 atom stereocenters. The Balaban J connectivity index is 1.78. The van der Waals surface area contributed by atoms with E-state index in [4.69, 9.17) is 0 Å². The molecule has 0 radical (unpaired) electrons. The van der Waals surface area contributed by atoms with Crippen LogP contribution in [-0.2, 0) is 4.79 Å². The van der Waals surface area contributed by atoms with Crippen LogP contribution in [0.25, 0.3) is 11.1 Å². The zero-order valence-corrected chi connectivity index (χ0v) is 17.8. The van der Waals surface area contributed by atoms with Crippen LogP contribution in [-0.4, -0.2) is 27.9 Å². The summed E-state index contributed by atoms with van der Waals surface area (Å²) >= 11 is 0. The van der Waals surface area contributed by atoms with Crippen LogP contribution < -0.4 is 10.6 Å². The van der Waals surface area contributed by atoms with Crippen molar-refractivity contribution in [2.24, 2.45) is 0 Å². The molecule has 166 valence electrons. The van der Waals surface area contributed by atoms with E-state index in [9.17, 15) is 23.5 Å². The number of aryl methyl sites for hydroxylation is 1. The summed E-state index contributed by atoms with van der Waals surface area (Å²) in [5.41, 5.74) is 2.97. The summed E-state index contributed by atoms with van der Waals surface area (Å²) in [7, 11) is 0. The lowest BCUT2D eigenvalue weighted by atomic mass is 10.00. The van der Waals surface area contributed by atoms with Gasteiger partial charge in [-0.05, 0) is 67.8 Å². The van der Waals surface area contributed by atoms with Gasteiger partial charge in [-0.2, -0.15) is 0 Å². The van der Waals surface area contributed by atoms with Crippen LogP contribution >= 0.6 is 0 Å². The Morgan fingerprint density at radius 2 is 1.69 bits per heavy atom. The predicted octanol–water partition coefficient (Wildman–Crippen LogP) is 4.15. The summed E-state index contributed by atoms with van der Waals surface area (Å²) in [5.74, 6) is -2.82. The van der Waals surface area contributed by atoms with Crippen molar-refractivity contribution in [3.63, 3.8) is 0 Å². The number of aromatic nitrogens is 1. The van der Waals surface area contributed by atoms with Crippen LogP contribution in [0.3, 0.4) is 0 Å². The molecule has 0 aliphatic carbocycles. The van der Waals surface area contributed by atoms with Crippen molar-refractivity contribution in [3.8, 4) is 11.1 Å². The number of carbonyl (C=O) groups is 2. The number of aliphatic hydroxyl groups excluding tert-OH is 1. The molecule has 3 N–H and O–H groups in total. The Hall–Kier alpha value is -3.65. The van der Waals surface area contributed by atoms with Crippen molar-refractivity contribution in [1.82, 2.24) is 10.3 Å². The molecule has 0 bridgehead atoms. The number of anilines is 1. The molecule has 8 heteroatoms. The second-order valence-electron chi connectivity index (χ2n) is 7.71. The second-order valence-corrected chi connectivity index (χ2v) is 7.71. The first-order valence-corrected chi connectivity index (χ1v) is 9.96. The van der Waals surface area contributed by atoms with Crippen LogP contribution in [0.2, 0.25) is 0 Å². The van der Waals surface area contributed by atoms with Crippen LogP contribution in [0.5, 0.6) is 0 Å². The van der Waals surface area contributed by atoms with Gasteiger partial charge < -0.3 is 15.7 Å². The molecule has 0 spiro atoms. The van der Waals surface area contributed by atoms with E-state index >= 15 is 0 Å². The minimum Gasteiger partial charge on any atom is -0.378 e. The van der Waals surface area contributed by atoms with Gasteiger partial charge >= 0.3 is 0 Å². The van der Waals surface area contributed by atoms with Gasteiger partial charge in [-0.15, -0.1) is 0 Å². The summed E-state index contributed by atoms with van der Waals surface area (Å²) in [6.07, 6.45) is 1.39. The van der Waals surface area contributed by atoms with Crippen molar-refractivity contribution < 1.29 is 23.5 Å². The quantitative estimate of drug-likeness (QED) is 0.538. The van der Waals surface area contributed by atoms with E-state index in [0.717, 1.165) is 28.8 Å². The molecule has 0 aliphatic rings. The standard InChI is InChI=1S/C24H23F2N3O3/c1-13(2)28-23(31)17-7-16(11-27-12-17)21-5-4-20(6-14(21)3)29-24(32)22(30)15-8-18(25)10-19(26)9-15/h4-13,22,30H,1-3H3,(H,28,31)(H,29,32). The highest BCUT2D eigenvalue weighted by Crippen LogP contribution is 2.27. The summed E-state index contributed by atoms with van der Waals surface area (Å²) in [4.78, 5) is 28.7. The SMILES string of the molecule is Cc1cc(NC(=O)C(O)c2cc(F)cc(F)c2)ccc1-c1cncc(C(=O)NC(C)C)c1. The third kappa shape index (κ3) is 5.53. The van der Waals surface area contributed by atoms with E-state index in [1.165, 1.54) is 6.20 Å². The normalized spacial score (nSPS) is 11.8. The molecule has 1 heterocycles. The average molecular weight is 439 g/mol. The molecule has 3 rings (SSSR count). The van der Waals surface area contributed by atoms with E-state index in [-0.39, 0.29) is 17.5 Å². The van der Waals surface area contributed by atoms with Crippen LogP contribution in [0.1, 0.15) is 41.4 Å². The first kappa shape index (κ1) is 23.0. The molecule has 0 saturated carbocycles. The zero-order valence-electron chi connectivity index (χ0n) is 17.8. The maximum absolute atomic E-state index is 13.4. The molecule has 1 aromatic heterocycles. The van der Waals surface area contributed by atoms with E-state index in [1.54, 1.807) is 30.5 Å². The molecular formula is C24H23F2N3O3. The Labute approximate surface area is 184 Å². The summed E-state index contributed by atoms with van der Waals surface area (Å²) in [5, 5.41) is 15.5. The molecule has 32 heavy (non-hydrogen) atoms. The molecule has 3 aromatic rings. The summed E-state index contributed by atoms with van der Waals surface area (Å²) < 4.78 is 26.7. The molecule has 2 amide bonds. The molecule has 1 unspecified atom stereocenters. The van der Waals surface area contributed by atoms with Gasteiger partial charge in [0.2, 0.25) is 0 Å². The third-order valence-corrected chi connectivity index (χ3v) is 4.67. The number of pyridine rings is 1. The highest BCUT2D eigenvalue weighted by molar-refractivity contribution is 5.96. The number of amides is 2. The number of carbonyl (C=O) groups excluding carboxylic acids is 2. The Kier molecular flexibility index (Phi) is 6.95. The highest BCUT2D eigenvalue weighted by Gasteiger charge is 2.19. The Morgan fingerprint density at radius 1 is 1.00 bits per heavy atom. The van der Waals surface area contributed by atoms with Gasteiger partial charge in [-0.25, -0.2) is 8.78 Å². The number of rotatable bonds is 6. The lowest BCUT2D eigenvalue weighted by Crippen LogP contribution is -2.30. The number of benzene rings is 2. The number of hydrogen-bond acceptors (Lipinski definition) is 4. The van der Waals surface area contributed by atoms with Gasteiger partial charge in [0.1, 0.15) is 11.6 Å². The number of aliphatic hydroxyl groups is 1. The number of hydrogen-bond donors (Lipinski definition) is 3. The zero-order chi connectivity index (χ0) is 23.4. The smallest absolute Gasteiger partial charge is 0.257 e. The average Bonchev–Trinajstić information content (AvgIpc) is 2.72. The van der Waals surface area contributed by atoms with Crippen molar-refractivity contribution in [2.45, 2.75) is 32.9 Å². The molecular weight excluding hydrogens is 416 g/mol. The minimum absolute atomic E-state index is 0.00462. The van der Waals surface area contributed by atoms with Crippen molar-refractivity contribution in [3.05, 3.63) is 83.2 Å². The van der Waals surface area contributed by atoms with Crippen molar-refractivity contribution in [1.29, 1.82) is 0 Å². The van der Waals surface area contributed by atoms with E-state index in [0.29, 0.717) is 17.3 Å². The van der Waals surface area contributed by atoms with Crippen LogP contribution in [0.4, 0.5) is 14.5 Å². The fraction of sp³-hybridized carbons (Fsp3) is 0.208. The summed E-state index contributed by atoms with van der Waals surface area (Å²) in [6.45, 7) is 5.56. The fourth-order valence-electron chi connectivity index (χ4n) is 3.22. The Morgan fingerprint density at radius 3 is 2.31 bits per heavy atom. The first-order chi connectivity index (χ1) is 15.1. The summed E-state index contributed by atoms with van der Waals surface area (Å²) in [6, 6.07) is 9.25. The minimum atomic E-state index is -1.74. The molecule has 2 aromatic carbocycles. The monoisotopic (exact) mass is 439 g/mol. The number of nitrogens with one attached hydrogen (secondary N) is 2. The Bertz CT molecular complexity index is 1140.